The normalized spacial score (nSPS) is 10.9. The van der Waals surface area contributed by atoms with Crippen LogP contribution in [0, 0.1) is 5.82 Å². The van der Waals surface area contributed by atoms with Crippen molar-refractivity contribution in [1.29, 1.82) is 0 Å². The standard InChI is InChI=1S/C21H17FN4O/c22-16-10-8-15(9-11-16)14-26-19-7-2-1-5-17(19)25-20(26)13-24-21(27)18-6-3-4-12-23-18/h1-12H,13-14H2,(H,24,27). The molecule has 0 saturated heterocycles. The molecular weight excluding hydrogens is 343 g/mol. The predicted octanol–water partition coefficient (Wildman–Crippen LogP) is 3.55. The highest BCUT2D eigenvalue weighted by molar-refractivity contribution is 5.92. The van der Waals surface area contributed by atoms with E-state index >= 15 is 0 Å². The van der Waals surface area contributed by atoms with Gasteiger partial charge in [0.2, 0.25) is 0 Å². The van der Waals surface area contributed by atoms with Gasteiger partial charge < -0.3 is 9.88 Å². The molecule has 6 heteroatoms. The molecule has 0 spiro atoms. The van der Waals surface area contributed by atoms with E-state index in [9.17, 15) is 9.18 Å². The van der Waals surface area contributed by atoms with E-state index in [-0.39, 0.29) is 18.3 Å². The van der Waals surface area contributed by atoms with E-state index in [0.717, 1.165) is 22.4 Å². The van der Waals surface area contributed by atoms with E-state index in [4.69, 9.17) is 0 Å². The molecule has 0 aliphatic heterocycles. The number of rotatable bonds is 5. The zero-order chi connectivity index (χ0) is 18.6. The third-order valence-corrected chi connectivity index (χ3v) is 4.29. The van der Waals surface area contributed by atoms with Crippen LogP contribution in [0.15, 0.2) is 72.9 Å². The molecule has 4 aromatic rings. The molecular formula is C21H17FN4O. The van der Waals surface area contributed by atoms with Crippen LogP contribution in [0.25, 0.3) is 11.0 Å². The molecule has 0 atom stereocenters. The van der Waals surface area contributed by atoms with E-state index < -0.39 is 0 Å². The van der Waals surface area contributed by atoms with Gasteiger partial charge in [-0.2, -0.15) is 0 Å². The molecule has 0 unspecified atom stereocenters. The molecule has 0 bridgehead atoms. The van der Waals surface area contributed by atoms with E-state index in [1.807, 2.05) is 28.8 Å². The SMILES string of the molecule is O=C(NCc1nc2ccccc2n1Cc1ccc(F)cc1)c1ccccn1. The molecule has 5 nitrogen and oxygen atoms in total. The first-order valence-electron chi connectivity index (χ1n) is 8.58. The molecule has 1 N–H and O–H groups in total. The van der Waals surface area contributed by atoms with Gasteiger partial charge in [-0.25, -0.2) is 9.37 Å². The van der Waals surface area contributed by atoms with E-state index in [0.29, 0.717) is 12.2 Å². The molecule has 134 valence electrons. The number of nitrogens with one attached hydrogen (secondary N) is 1. The van der Waals surface area contributed by atoms with Gasteiger partial charge in [-0.15, -0.1) is 0 Å². The van der Waals surface area contributed by atoms with E-state index in [1.165, 1.54) is 12.1 Å². The maximum atomic E-state index is 13.2. The minimum Gasteiger partial charge on any atom is -0.343 e. The Labute approximate surface area is 155 Å². The lowest BCUT2D eigenvalue weighted by atomic mass is 10.2. The highest BCUT2D eigenvalue weighted by atomic mass is 19.1. The van der Waals surface area contributed by atoms with Crippen molar-refractivity contribution in [3.05, 3.63) is 95.8 Å². The van der Waals surface area contributed by atoms with Crippen molar-refractivity contribution < 1.29 is 9.18 Å². The van der Waals surface area contributed by atoms with Crippen molar-refractivity contribution >= 4 is 16.9 Å². The number of pyridine rings is 1. The summed E-state index contributed by atoms with van der Waals surface area (Å²) in [6.45, 7) is 0.806. The van der Waals surface area contributed by atoms with Crippen molar-refractivity contribution in [2.24, 2.45) is 0 Å². The summed E-state index contributed by atoms with van der Waals surface area (Å²) in [6, 6.07) is 19.4. The Morgan fingerprint density at radius 2 is 1.78 bits per heavy atom. The highest BCUT2D eigenvalue weighted by Gasteiger charge is 2.13. The number of nitrogens with zero attached hydrogens (tertiary/aromatic N) is 3. The van der Waals surface area contributed by atoms with Crippen molar-refractivity contribution in [1.82, 2.24) is 19.9 Å². The molecule has 0 aliphatic rings. The van der Waals surface area contributed by atoms with Crippen molar-refractivity contribution in [3.63, 3.8) is 0 Å². The van der Waals surface area contributed by atoms with Gasteiger partial charge in [0, 0.05) is 12.7 Å². The summed E-state index contributed by atoms with van der Waals surface area (Å²) < 4.78 is 15.2. The molecule has 1 amide bonds. The number of hydrogen-bond acceptors (Lipinski definition) is 3. The van der Waals surface area contributed by atoms with Crippen LogP contribution >= 0.6 is 0 Å². The number of carbonyl (C=O) groups excluding carboxylic acids is 1. The van der Waals surface area contributed by atoms with Gasteiger partial charge >= 0.3 is 0 Å². The smallest absolute Gasteiger partial charge is 0.270 e. The number of para-hydroxylation sites is 2. The number of fused-ring (bicyclic) bond motifs is 1. The number of imidazole rings is 1. The number of benzene rings is 2. The van der Waals surface area contributed by atoms with Gasteiger partial charge in [-0.3, -0.25) is 9.78 Å². The third-order valence-electron chi connectivity index (χ3n) is 4.29. The maximum Gasteiger partial charge on any atom is 0.270 e. The Morgan fingerprint density at radius 3 is 2.56 bits per heavy atom. The van der Waals surface area contributed by atoms with Gasteiger partial charge in [0.05, 0.1) is 17.6 Å². The number of amides is 1. The summed E-state index contributed by atoms with van der Waals surface area (Å²) in [5, 5.41) is 2.87. The molecule has 0 radical (unpaired) electrons. The summed E-state index contributed by atoms with van der Waals surface area (Å²) >= 11 is 0. The van der Waals surface area contributed by atoms with E-state index in [1.54, 1.807) is 36.5 Å². The van der Waals surface area contributed by atoms with E-state index in [2.05, 4.69) is 15.3 Å². The van der Waals surface area contributed by atoms with Crippen LogP contribution in [0.3, 0.4) is 0 Å². The van der Waals surface area contributed by atoms with Gasteiger partial charge in [0.15, 0.2) is 0 Å². The van der Waals surface area contributed by atoms with Crippen molar-refractivity contribution in [2.75, 3.05) is 0 Å². The Kier molecular flexibility index (Phi) is 4.61. The topological polar surface area (TPSA) is 59.8 Å². The van der Waals surface area contributed by atoms with Crippen molar-refractivity contribution in [2.45, 2.75) is 13.1 Å². The predicted molar refractivity (Wildman–Crippen MR) is 101 cm³/mol. The third kappa shape index (κ3) is 3.69. The van der Waals surface area contributed by atoms with Gasteiger partial charge in [-0.1, -0.05) is 30.3 Å². The Balaban J connectivity index is 1.61. The molecule has 2 heterocycles. The minimum absolute atomic E-state index is 0.254. The number of aromatic nitrogens is 3. The lowest BCUT2D eigenvalue weighted by Gasteiger charge is -2.10. The van der Waals surface area contributed by atoms with Gasteiger partial charge in [0.1, 0.15) is 17.3 Å². The molecule has 2 aromatic carbocycles. The largest absolute Gasteiger partial charge is 0.343 e. The van der Waals surface area contributed by atoms with Crippen LogP contribution in [-0.4, -0.2) is 20.4 Å². The first kappa shape index (κ1) is 16.9. The second-order valence-electron chi connectivity index (χ2n) is 6.13. The van der Waals surface area contributed by atoms with Crippen LogP contribution in [0.2, 0.25) is 0 Å². The zero-order valence-electron chi connectivity index (χ0n) is 14.5. The lowest BCUT2D eigenvalue weighted by Crippen LogP contribution is -2.25. The summed E-state index contributed by atoms with van der Waals surface area (Å²) in [7, 11) is 0. The quantitative estimate of drug-likeness (QED) is 0.592. The minimum atomic E-state index is -0.267. The van der Waals surface area contributed by atoms with Gasteiger partial charge in [0.25, 0.3) is 5.91 Å². The lowest BCUT2D eigenvalue weighted by molar-refractivity contribution is 0.0944. The molecule has 4 rings (SSSR count). The monoisotopic (exact) mass is 360 g/mol. The van der Waals surface area contributed by atoms with Crippen LogP contribution in [0.4, 0.5) is 4.39 Å². The maximum absolute atomic E-state index is 13.2. The fourth-order valence-electron chi connectivity index (χ4n) is 2.96. The highest BCUT2D eigenvalue weighted by Crippen LogP contribution is 2.18. The fourth-order valence-corrected chi connectivity index (χ4v) is 2.96. The van der Waals surface area contributed by atoms with Crippen LogP contribution in [0.1, 0.15) is 21.9 Å². The van der Waals surface area contributed by atoms with Crippen LogP contribution < -0.4 is 5.32 Å². The van der Waals surface area contributed by atoms with Crippen molar-refractivity contribution in [3.8, 4) is 0 Å². The zero-order valence-corrected chi connectivity index (χ0v) is 14.5. The van der Waals surface area contributed by atoms with Crippen LogP contribution in [0.5, 0.6) is 0 Å². The summed E-state index contributed by atoms with van der Waals surface area (Å²) in [6.07, 6.45) is 1.58. The molecule has 2 aromatic heterocycles. The average Bonchev–Trinajstić information content (AvgIpc) is 3.06. The number of halogens is 1. The summed E-state index contributed by atoms with van der Waals surface area (Å²) in [5.41, 5.74) is 3.13. The first-order valence-corrected chi connectivity index (χ1v) is 8.58. The second-order valence-corrected chi connectivity index (χ2v) is 6.13. The number of carbonyl (C=O) groups is 1. The molecule has 27 heavy (non-hydrogen) atoms. The Hall–Kier alpha value is -3.54. The average molecular weight is 360 g/mol. The summed E-state index contributed by atoms with van der Waals surface area (Å²) in [5.74, 6) is 0.206. The summed E-state index contributed by atoms with van der Waals surface area (Å²) in [4.78, 5) is 21.0. The number of hydrogen-bond donors (Lipinski definition) is 1. The second kappa shape index (κ2) is 7.37. The van der Waals surface area contributed by atoms with Crippen LogP contribution in [-0.2, 0) is 13.1 Å². The van der Waals surface area contributed by atoms with Gasteiger partial charge in [-0.05, 0) is 42.0 Å². The molecule has 0 aliphatic carbocycles. The first-order chi connectivity index (χ1) is 13.2. The Bertz CT molecular complexity index is 1070. The molecule has 0 saturated carbocycles. The fraction of sp³-hybridized carbons (Fsp3) is 0.0952. The Morgan fingerprint density at radius 1 is 1.00 bits per heavy atom. The molecule has 0 fully saturated rings.